The maximum Gasteiger partial charge on any atom is 0.00423 e. The highest BCUT2D eigenvalue weighted by atomic mass is 32.1. The summed E-state index contributed by atoms with van der Waals surface area (Å²) < 4.78 is 0. The SMILES string of the molecule is CCC(C)CC(S)C(C)C. The first-order valence-corrected chi connectivity index (χ1v) is 4.77. The zero-order chi connectivity index (χ0) is 8.15. The fraction of sp³-hybridized carbons (Fsp3) is 1.00. The molecule has 0 aromatic rings. The second kappa shape index (κ2) is 5.06. The Hall–Kier alpha value is 0.350. The number of rotatable bonds is 4. The Morgan fingerprint density at radius 3 is 2.00 bits per heavy atom. The van der Waals surface area contributed by atoms with Crippen LogP contribution in [0, 0.1) is 11.8 Å². The summed E-state index contributed by atoms with van der Waals surface area (Å²) in [5, 5.41) is 0.593. The van der Waals surface area contributed by atoms with Crippen LogP contribution in [-0.2, 0) is 0 Å². The summed E-state index contributed by atoms with van der Waals surface area (Å²) in [5.41, 5.74) is 0. The predicted octanol–water partition coefficient (Wildman–Crippen LogP) is 3.38. The summed E-state index contributed by atoms with van der Waals surface area (Å²) in [5.74, 6) is 1.56. The summed E-state index contributed by atoms with van der Waals surface area (Å²) in [7, 11) is 0. The van der Waals surface area contributed by atoms with E-state index in [0.29, 0.717) is 5.25 Å². The van der Waals surface area contributed by atoms with Crippen molar-refractivity contribution in [1.29, 1.82) is 0 Å². The molecule has 0 aliphatic rings. The van der Waals surface area contributed by atoms with E-state index in [-0.39, 0.29) is 0 Å². The lowest BCUT2D eigenvalue weighted by Gasteiger charge is -2.17. The van der Waals surface area contributed by atoms with Crippen molar-refractivity contribution in [3.05, 3.63) is 0 Å². The fourth-order valence-electron chi connectivity index (χ4n) is 0.851. The zero-order valence-corrected chi connectivity index (χ0v) is 8.49. The van der Waals surface area contributed by atoms with Crippen LogP contribution < -0.4 is 0 Å². The Morgan fingerprint density at radius 1 is 1.20 bits per heavy atom. The lowest BCUT2D eigenvalue weighted by atomic mass is 9.97. The lowest BCUT2D eigenvalue weighted by molar-refractivity contribution is 0.454. The van der Waals surface area contributed by atoms with Crippen molar-refractivity contribution in [2.24, 2.45) is 11.8 Å². The molecule has 0 aliphatic heterocycles. The molecule has 10 heavy (non-hydrogen) atoms. The van der Waals surface area contributed by atoms with Crippen molar-refractivity contribution in [3.8, 4) is 0 Å². The van der Waals surface area contributed by atoms with Crippen molar-refractivity contribution in [3.63, 3.8) is 0 Å². The summed E-state index contributed by atoms with van der Waals surface area (Å²) >= 11 is 4.52. The third-order valence-electron chi connectivity index (χ3n) is 2.11. The van der Waals surface area contributed by atoms with Gasteiger partial charge in [-0.1, -0.05) is 34.1 Å². The first-order chi connectivity index (χ1) is 4.57. The molecule has 1 heteroatoms. The van der Waals surface area contributed by atoms with Crippen LogP contribution >= 0.6 is 12.6 Å². The van der Waals surface area contributed by atoms with Crippen molar-refractivity contribution in [2.75, 3.05) is 0 Å². The molecule has 2 unspecified atom stereocenters. The van der Waals surface area contributed by atoms with Crippen LogP contribution in [0.5, 0.6) is 0 Å². The quantitative estimate of drug-likeness (QED) is 0.599. The third kappa shape index (κ3) is 4.21. The molecule has 0 fully saturated rings. The molecule has 2 atom stereocenters. The van der Waals surface area contributed by atoms with E-state index in [4.69, 9.17) is 0 Å². The van der Waals surface area contributed by atoms with Crippen LogP contribution in [0.3, 0.4) is 0 Å². The van der Waals surface area contributed by atoms with Gasteiger partial charge in [0.1, 0.15) is 0 Å². The Bertz CT molecular complexity index is 78.8. The number of thiol groups is 1. The molecule has 0 N–H and O–H groups in total. The van der Waals surface area contributed by atoms with Gasteiger partial charge < -0.3 is 0 Å². The summed E-state index contributed by atoms with van der Waals surface area (Å²) in [6, 6.07) is 0. The summed E-state index contributed by atoms with van der Waals surface area (Å²) in [4.78, 5) is 0. The first-order valence-electron chi connectivity index (χ1n) is 4.26. The Kier molecular flexibility index (Phi) is 5.24. The normalized spacial score (nSPS) is 17.4. The van der Waals surface area contributed by atoms with E-state index in [2.05, 4.69) is 40.3 Å². The largest absolute Gasteiger partial charge is 0.176 e. The minimum atomic E-state index is 0.593. The van der Waals surface area contributed by atoms with Crippen LogP contribution in [0.4, 0.5) is 0 Å². The van der Waals surface area contributed by atoms with Gasteiger partial charge in [-0.15, -0.1) is 0 Å². The van der Waals surface area contributed by atoms with Crippen LogP contribution in [0.15, 0.2) is 0 Å². The lowest BCUT2D eigenvalue weighted by Crippen LogP contribution is -2.11. The van der Waals surface area contributed by atoms with E-state index < -0.39 is 0 Å². The number of hydrogen-bond donors (Lipinski definition) is 1. The van der Waals surface area contributed by atoms with Gasteiger partial charge in [0.25, 0.3) is 0 Å². The maximum atomic E-state index is 4.52. The minimum Gasteiger partial charge on any atom is -0.176 e. The van der Waals surface area contributed by atoms with Gasteiger partial charge in [-0.05, 0) is 18.3 Å². The van der Waals surface area contributed by atoms with Gasteiger partial charge >= 0.3 is 0 Å². The molecule has 0 radical (unpaired) electrons. The molecule has 0 amide bonds. The molecule has 0 aromatic carbocycles. The second-order valence-corrected chi connectivity index (χ2v) is 4.22. The van der Waals surface area contributed by atoms with Crippen LogP contribution in [0.25, 0.3) is 0 Å². The van der Waals surface area contributed by atoms with Crippen molar-refractivity contribution in [1.82, 2.24) is 0 Å². The van der Waals surface area contributed by atoms with Gasteiger partial charge in [-0.3, -0.25) is 0 Å². The smallest absolute Gasteiger partial charge is 0.00423 e. The number of hydrogen-bond acceptors (Lipinski definition) is 1. The first kappa shape index (κ1) is 10.3. The Morgan fingerprint density at radius 2 is 1.70 bits per heavy atom. The van der Waals surface area contributed by atoms with Gasteiger partial charge in [0.15, 0.2) is 0 Å². The van der Waals surface area contributed by atoms with Gasteiger partial charge in [-0.25, -0.2) is 0 Å². The molecule has 0 bridgehead atoms. The fourth-order valence-corrected chi connectivity index (χ4v) is 1.21. The topological polar surface area (TPSA) is 0 Å². The van der Waals surface area contributed by atoms with Gasteiger partial charge in [-0.2, -0.15) is 12.6 Å². The van der Waals surface area contributed by atoms with Crippen molar-refractivity contribution >= 4 is 12.6 Å². The van der Waals surface area contributed by atoms with E-state index in [9.17, 15) is 0 Å². The van der Waals surface area contributed by atoms with E-state index in [1.54, 1.807) is 0 Å². The van der Waals surface area contributed by atoms with Gasteiger partial charge in [0.2, 0.25) is 0 Å². The molecular formula is C9H20S. The van der Waals surface area contributed by atoms with E-state index in [1.807, 2.05) is 0 Å². The molecule has 62 valence electrons. The van der Waals surface area contributed by atoms with Crippen molar-refractivity contribution < 1.29 is 0 Å². The highest BCUT2D eigenvalue weighted by molar-refractivity contribution is 7.81. The zero-order valence-electron chi connectivity index (χ0n) is 7.59. The molecule has 0 nitrogen and oxygen atoms in total. The third-order valence-corrected chi connectivity index (χ3v) is 2.92. The molecule has 0 saturated heterocycles. The minimum absolute atomic E-state index is 0.593. The molecule has 0 spiro atoms. The van der Waals surface area contributed by atoms with E-state index in [1.165, 1.54) is 12.8 Å². The van der Waals surface area contributed by atoms with Crippen LogP contribution in [-0.4, -0.2) is 5.25 Å². The molecular weight excluding hydrogens is 140 g/mol. The molecule has 0 heterocycles. The highest BCUT2D eigenvalue weighted by Crippen LogP contribution is 2.19. The Balaban J connectivity index is 3.46. The van der Waals surface area contributed by atoms with Crippen LogP contribution in [0.1, 0.15) is 40.5 Å². The monoisotopic (exact) mass is 160 g/mol. The van der Waals surface area contributed by atoms with Crippen LogP contribution in [0.2, 0.25) is 0 Å². The molecule has 0 aromatic heterocycles. The standard InChI is InChI=1S/C9H20S/c1-5-8(4)6-9(10)7(2)3/h7-10H,5-6H2,1-4H3. The second-order valence-electron chi connectivity index (χ2n) is 3.56. The average Bonchev–Trinajstić information content (AvgIpc) is 1.87. The average molecular weight is 160 g/mol. The Labute approximate surface area is 70.8 Å². The highest BCUT2D eigenvalue weighted by Gasteiger charge is 2.10. The molecule has 0 saturated carbocycles. The summed E-state index contributed by atoms with van der Waals surface area (Å²) in [6.07, 6.45) is 2.54. The maximum absolute atomic E-state index is 4.52. The predicted molar refractivity (Wildman–Crippen MR) is 51.7 cm³/mol. The molecule has 0 rings (SSSR count). The molecule has 0 aliphatic carbocycles. The van der Waals surface area contributed by atoms with Gasteiger partial charge in [0, 0.05) is 5.25 Å². The van der Waals surface area contributed by atoms with E-state index >= 15 is 0 Å². The van der Waals surface area contributed by atoms with E-state index in [0.717, 1.165) is 11.8 Å². The van der Waals surface area contributed by atoms with Gasteiger partial charge in [0.05, 0.1) is 0 Å². The summed E-state index contributed by atoms with van der Waals surface area (Å²) in [6.45, 7) is 9.01. The van der Waals surface area contributed by atoms with Crippen molar-refractivity contribution in [2.45, 2.75) is 45.8 Å².